The third kappa shape index (κ3) is 3.48. The van der Waals surface area contributed by atoms with Gasteiger partial charge in [-0.25, -0.2) is 0 Å². The lowest BCUT2D eigenvalue weighted by molar-refractivity contribution is 0.605. The first-order chi connectivity index (χ1) is 6.74. The Labute approximate surface area is 90.0 Å². The van der Waals surface area contributed by atoms with Crippen molar-refractivity contribution in [2.75, 3.05) is 6.54 Å². The van der Waals surface area contributed by atoms with Crippen LogP contribution in [0.4, 0.5) is 0 Å². The molecular weight excluding hydrogens is 196 g/mol. The van der Waals surface area contributed by atoms with Gasteiger partial charge in [-0.1, -0.05) is 17.7 Å². The lowest BCUT2D eigenvalue weighted by atomic mass is 10.1. The van der Waals surface area contributed by atoms with Crippen LogP contribution in [0.2, 0.25) is 0 Å². The van der Waals surface area contributed by atoms with Crippen LogP contribution >= 0.6 is 11.6 Å². The first-order valence-electron chi connectivity index (χ1n) is 4.63. The molecule has 0 unspecified atom stereocenters. The summed E-state index contributed by atoms with van der Waals surface area (Å²) in [6.45, 7) is 4.91. The van der Waals surface area contributed by atoms with Gasteiger partial charge in [-0.05, 0) is 31.1 Å². The molecule has 76 valence electrons. The molecule has 1 aromatic heterocycles. The van der Waals surface area contributed by atoms with Crippen molar-refractivity contribution in [3.8, 4) is 0 Å². The van der Waals surface area contributed by atoms with Crippen molar-refractivity contribution < 1.29 is 0 Å². The van der Waals surface area contributed by atoms with Gasteiger partial charge in [0.25, 0.3) is 0 Å². The Balaban J connectivity index is 2.47. The van der Waals surface area contributed by atoms with Crippen molar-refractivity contribution in [2.45, 2.75) is 19.9 Å². The number of nitrogens with zero attached hydrogens (tertiary/aromatic N) is 1. The average Bonchev–Trinajstić information content (AvgIpc) is 2.26. The second-order valence-corrected chi connectivity index (χ2v) is 3.56. The van der Waals surface area contributed by atoms with E-state index in [1.807, 2.05) is 19.2 Å². The number of hydrogen-bond acceptors (Lipinski definition) is 2. The molecular formula is C11H15ClN2. The largest absolute Gasteiger partial charge is 0.306 e. The van der Waals surface area contributed by atoms with E-state index in [-0.39, 0.29) is 0 Å². The second-order valence-electron chi connectivity index (χ2n) is 3.34. The number of pyridine rings is 1. The smallest absolute Gasteiger partial charge is 0.0315 e. The molecule has 0 aliphatic carbocycles. The predicted octanol–water partition coefficient (Wildman–Crippen LogP) is 2.87. The highest BCUT2D eigenvalue weighted by Crippen LogP contribution is 2.09. The standard InChI is InChI=1S/C11H15ClN2/c1-9(6-12)7-14-10(2)11-4-3-5-13-8-11/h3-6,8,10,14H,7H2,1-2H3/b9-6+/t10-/m0/s1. The van der Waals surface area contributed by atoms with E-state index in [0.717, 1.165) is 12.1 Å². The highest BCUT2D eigenvalue weighted by molar-refractivity contribution is 6.25. The third-order valence-electron chi connectivity index (χ3n) is 2.06. The van der Waals surface area contributed by atoms with E-state index in [4.69, 9.17) is 11.6 Å². The number of hydrogen-bond donors (Lipinski definition) is 1. The molecule has 14 heavy (non-hydrogen) atoms. The van der Waals surface area contributed by atoms with Crippen molar-refractivity contribution in [1.29, 1.82) is 0 Å². The summed E-state index contributed by atoms with van der Waals surface area (Å²) < 4.78 is 0. The molecule has 0 fully saturated rings. The fourth-order valence-electron chi connectivity index (χ4n) is 1.10. The number of aromatic nitrogens is 1. The van der Waals surface area contributed by atoms with Crippen molar-refractivity contribution in [3.63, 3.8) is 0 Å². The van der Waals surface area contributed by atoms with E-state index < -0.39 is 0 Å². The van der Waals surface area contributed by atoms with Crippen LogP contribution in [0.3, 0.4) is 0 Å². The maximum absolute atomic E-state index is 5.57. The van der Waals surface area contributed by atoms with Crippen LogP contribution in [0.1, 0.15) is 25.5 Å². The molecule has 2 nitrogen and oxygen atoms in total. The zero-order chi connectivity index (χ0) is 10.4. The fraction of sp³-hybridized carbons (Fsp3) is 0.364. The van der Waals surface area contributed by atoms with Crippen LogP contribution in [-0.4, -0.2) is 11.5 Å². The monoisotopic (exact) mass is 210 g/mol. The molecule has 0 aromatic carbocycles. The van der Waals surface area contributed by atoms with E-state index in [0.29, 0.717) is 6.04 Å². The van der Waals surface area contributed by atoms with Crippen LogP contribution in [0.15, 0.2) is 35.6 Å². The molecule has 3 heteroatoms. The maximum atomic E-state index is 5.57. The van der Waals surface area contributed by atoms with E-state index >= 15 is 0 Å². The van der Waals surface area contributed by atoms with Gasteiger partial charge in [0.1, 0.15) is 0 Å². The summed E-state index contributed by atoms with van der Waals surface area (Å²) in [5.41, 5.74) is 3.92. The molecule has 0 aliphatic heterocycles. The van der Waals surface area contributed by atoms with Crippen LogP contribution in [0.25, 0.3) is 0 Å². The number of nitrogens with one attached hydrogen (secondary N) is 1. The summed E-state index contributed by atoms with van der Waals surface area (Å²) >= 11 is 5.57. The summed E-state index contributed by atoms with van der Waals surface area (Å²) in [6, 6.07) is 4.30. The van der Waals surface area contributed by atoms with Gasteiger partial charge in [-0.2, -0.15) is 0 Å². The van der Waals surface area contributed by atoms with E-state index in [1.54, 1.807) is 11.7 Å². The van der Waals surface area contributed by atoms with Gasteiger partial charge >= 0.3 is 0 Å². The van der Waals surface area contributed by atoms with E-state index in [1.165, 1.54) is 5.56 Å². The Morgan fingerprint density at radius 2 is 2.50 bits per heavy atom. The minimum Gasteiger partial charge on any atom is -0.306 e. The summed E-state index contributed by atoms with van der Waals surface area (Å²) in [4.78, 5) is 4.07. The molecule has 1 heterocycles. The Hall–Kier alpha value is -0.860. The Kier molecular flexibility index (Phi) is 4.63. The molecule has 0 amide bonds. The first kappa shape index (κ1) is 11.2. The molecule has 1 atom stereocenters. The van der Waals surface area contributed by atoms with Crippen molar-refractivity contribution >= 4 is 11.6 Å². The van der Waals surface area contributed by atoms with Crippen LogP contribution in [0, 0.1) is 0 Å². The summed E-state index contributed by atoms with van der Waals surface area (Å²) in [5, 5.41) is 3.36. The molecule has 0 spiro atoms. The van der Waals surface area contributed by atoms with Crippen molar-refractivity contribution in [1.82, 2.24) is 10.3 Å². The minimum atomic E-state index is 0.301. The highest BCUT2D eigenvalue weighted by Gasteiger charge is 2.03. The Morgan fingerprint density at radius 1 is 1.71 bits per heavy atom. The fourth-order valence-corrected chi connectivity index (χ4v) is 1.18. The predicted molar refractivity (Wildman–Crippen MR) is 60.3 cm³/mol. The number of rotatable bonds is 4. The summed E-state index contributed by atoms with van der Waals surface area (Å²) in [5.74, 6) is 0. The summed E-state index contributed by atoms with van der Waals surface area (Å²) in [6.07, 6.45) is 3.65. The molecule has 0 saturated heterocycles. The molecule has 1 aromatic rings. The SMILES string of the molecule is C/C(=C\Cl)CN[C@@H](C)c1cccnc1. The maximum Gasteiger partial charge on any atom is 0.0315 e. The average molecular weight is 211 g/mol. The minimum absolute atomic E-state index is 0.301. The van der Waals surface area contributed by atoms with Gasteiger partial charge < -0.3 is 5.32 Å². The van der Waals surface area contributed by atoms with Gasteiger partial charge in [0.15, 0.2) is 0 Å². The number of halogens is 1. The van der Waals surface area contributed by atoms with Gasteiger partial charge in [-0.15, -0.1) is 0 Å². The quantitative estimate of drug-likeness (QED) is 0.827. The Bertz CT molecular complexity index is 295. The van der Waals surface area contributed by atoms with Crippen molar-refractivity contribution in [2.24, 2.45) is 0 Å². The molecule has 1 N–H and O–H groups in total. The third-order valence-corrected chi connectivity index (χ3v) is 2.43. The van der Waals surface area contributed by atoms with Gasteiger partial charge in [0.05, 0.1) is 0 Å². The zero-order valence-corrected chi connectivity index (χ0v) is 9.25. The Morgan fingerprint density at radius 3 is 3.07 bits per heavy atom. The van der Waals surface area contributed by atoms with Crippen LogP contribution < -0.4 is 5.32 Å². The molecule has 0 saturated carbocycles. The van der Waals surface area contributed by atoms with Crippen LogP contribution in [-0.2, 0) is 0 Å². The van der Waals surface area contributed by atoms with Crippen LogP contribution in [0.5, 0.6) is 0 Å². The zero-order valence-electron chi connectivity index (χ0n) is 8.50. The second kappa shape index (κ2) is 5.78. The van der Waals surface area contributed by atoms with Crippen molar-refractivity contribution in [3.05, 3.63) is 41.2 Å². The molecule has 0 bridgehead atoms. The molecule has 0 aliphatic rings. The van der Waals surface area contributed by atoms with Gasteiger partial charge in [0, 0.05) is 30.5 Å². The van der Waals surface area contributed by atoms with E-state index in [9.17, 15) is 0 Å². The van der Waals surface area contributed by atoms with E-state index in [2.05, 4.69) is 23.3 Å². The highest BCUT2D eigenvalue weighted by atomic mass is 35.5. The topological polar surface area (TPSA) is 24.9 Å². The first-order valence-corrected chi connectivity index (χ1v) is 5.07. The van der Waals surface area contributed by atoms with Gasteiger partial charge in [-0.3, -0.25) is 4.98 Å². The normalized spacial score (nSPS) is 14.1. The van der Waals surface area contributed by atoms with Gasteiger partial charge in [0.2, 0.25) is 0 Å². The summed E-state index contributed by atoms with van der Waals surface area (Å²) in [7, 11) is 0. The lowest BCUT2D eigenvalue weighted by Crippen LogP contribution is -2.20. The lowest BCUT2D eigenvalue weighted by Gasteiger charge is -2.13. The molecule has 0 radical (unpaired) electrons. The molecule has 1 rings (SSSR count).